The minimum Gasteiger partial charge on any atom is -0.399 e. The number of oxime groups is 1. The van der Waals surface area contributed by atoms with Gasteiger partial charge < -0.3 is 4.84 Å². The first kappa shape index (κ1) is 9.25. The lowest BCUT2D eigenvalue weighted by molar-refractivity contribution is 0.212. The predicted molar refractivity (Wildman–Crippen MR) is 57.7 cm³/mol. The Kier molecular flexibility index (Phi) is 2.53. The summed E-state index contributed by atoms with van der Waals surface area (Å²) < 4.78 is 0. The normalized spacial score (nSPS) is 18.0. The third-order valence-electron chi connectivity index (χ3n) is 2.63. The first-order valence-corrected chi connectivity index (χ1v) is 5.01. The molecule has 0 heterocycles. The standard InChI is InChI=1S/C12H15NO/c1-9-6-7-11-10(8-9)4-3-5-12(11)13-14-2/h6-8H,3-5H2,1-2H3/b13-12+. The van der Waals surface area contributed by atoms with Gasteiger partial charge >= 0.3 is 0 Å². The van der Waals surface area contributed by atoms with Gasteiger partial charge in [0, 0.05) is 5.56 Å². The molecule has 2 nitrogen and oxygen atoms in total. The van der Waals surface area contributed by atoms with Crippen molar-refractivity contribution in [2.24, 2.45) is 5.16 Å². The second-order valence-corrected chi connectivity index (χ2v) is 3.73. The molecule has 0 saturated heterocycles. The molecule has 1 aromatic carbocycles. The Balaban J connectivity index is 2.45. The van der Waals surface area contributed by atoms with Crippen molar-refractivity contribution in [3.8, 4) is 0 Å². The number of aryl methyl sites for hydroxylation is 2. The van der Waals surface area contributed by atoms with Gasteiger partial charge in [0.1, 0.15) is 7.11 Å². The molecule has 0 atom stereocenters. The van der Waals surface area contributed by atoms with Crippen molar-refractivity contribution in [3.63, 3.8) is 0 Å². The Hall–Kier alpha value is -1.31. The van der Waals surface area contributed by atoms with E-state index >= 15 is 0 Å². The summed E-state index contributed by atoms with van der Waals surface area (Å²) in [6, 6.07) is 6.54. The Bertz CT molecular complexity index is 369. The van der Waals surface area contributed by atoms with Gasteiger partial charge in [-0.3, -0.25) is 0 Å². The fourth-order valence-electron chi connectivity index (χ4n) is 2.00. The quantitative estimate of drug-likeness (QED) is 0.622. The van der Waals surface area contributed by atoms with Crippen LogP contribution in [-0.2, 0) is 11.3 Å². The number of rotatable bonds is 1. The van der Waals surface area contributed by atoms with E-state index in [4.69, 9.17) is 4.84 Å². The Morgan fingerprint density at radius 2 is 2.14 bits per heavy atom. The SMILES string of the molecule is CO/N=C1\CCCc2cc(C)ccc21. The highest BCUT2D eigenvalue weighted by Gasteiger charge is 2.15. The smallest absolute Gasteiger partial charge is 0.106 e. The van der Waals surface area contributed by atoms with E-state index in [2.05, 4.69) is 30.3 Å². The molecule has 0 bridgehead atoms. The number of hydrogen-bond donors (Lipinski definition) is 0. The molecule has 0 N–H and O–H groups in total. The monoisotopic (exact) mass is 189 g/mol. The van der Waals surface area contributed by atoms with Crippen LogP contribution in [0, 0.1) is 6.92 Å². The van der Waals surface area contributed by atoms with E-state index in [0.29, 0.717) is 0 Å². The summed E-state index contributed by atoms with van der Waals surface area (Å²) >= 11 is 0. The summed E-state index contributed by atoms with van der Waals surface area (Å²) in [7, 11) is 1.61. The predicted octanol–water partition coefficient (Wildman–Crippen LogP) is 2.68. The van der Waals surface area contributed by atoms with Crippen molar-refractivity contribution in [1.82, 2.24) is 0 Å². The van der Waals surface area contributed by atoms with E-state index < -0.39 is 0 Å². The van der Waals surface area contributed by atoms with E-state index in [1.54, 1.807) is 7.11 Å². The Morgan fingerprint density at radius 3 is 2.93 bits per heavy atom. The van der Waals surface area contributed by atoms with Gasteiger partial charge in [0.05, 0.1) is 5.71 Å². The second-order valence-electron chi connectivity index (χ2n) is 3.73. The van der Waals surface area contributed by atoms with Gasteiger partial charge in [-0.1, -0.05) is 28.9 Å². The van der Waals surface area contributed by atoms with Crippen LogP contribution in [0.5, 0.6) is 0 Å². The highest BCUT2D eigenvalue weighted by atomic mass is 16.6. The van der Waals surface area contributed by atoms with Crippen molar-refractivity contribution in [2.75, 3.05) is 7.11 Å². The van der Waals surface area contributed by atoms with Crippen LogP contribution in [0.15, 0.2) is 23.4 Å². The van der Waals surface area contributed by atoms with Crippen LogP contribution in [0.3, 0.4) is 0 Å². The fraction of sp³-hybridized carbons (Fsp3) is 0.417. The lowest BCUT2D eigenvalue weighted by Crippen LogP contribution is -2.12. The Labute approximate surface area is 84.6 Å². The highest BCUT2D eigenvalue weighted by Crippen LogP contribution is 2.22. The topological polar surface area (TPSA) is 21.6 Å². The molecule has 1 aliphatic rings. The summed E-state index contributed by atoms with van der Waals surface area (Å²) in [6.45, 7) is 2.13. The molecule has 0 fully saturated rings. The number of benzene rings is 1. The van der Waals surface area contributed by atoms with Crippen LogP contribution >= 0.6 is 0 Å². The van der Waals surface area contributed by atoms with Gasteiger partial charge in [-0.2, -0.15) is 0 Å². The molecule has 14 heavy (non-hydrogen) atoms. The van der Waals surface area contributed by atoms with Crippen LogP contribution in [0.4, 0.5) is 0 Å². The largest absolute Gasteiger partial charge is 0.399 e. The highest BCUT2D eigenvalue weighted by molar-refractivity contribution is 6.02. The summed E-state index contributed by atoms with van der Waals surface area (Å²) in [5.41, 5.74) is 5.09. The maximum atomic E-state index is 4.86. The molecule has 0 aliphatic heterocycles. The first-order valence-electron chi connectivity index (χ1n) is 5.01. The molecule has 0 aromatic heterocycles. The maximum absolute atomic E-state index is 4.86. The molecule has 0 spiro atoms. The van der Waals surface area contributed by atoms with Crippen LogP contribution in [0.25, 0.3) is 0 Å². The van der Waals surface area contributed by atoms with Gasteiger partial charge in [0.15, 0.2) is 0 Å². The van der Waals surface area contributed by atoms with E-state index in [9.17, 15) is 0 Å². The molecule has 2 rings (SSSR count). The zero-order valence-electron chi connectivity index (χ0n) is 8.71. The van der Waals surface area contributed by atoms with Gasteiger partial charge in [-0.05, 0) is 31.7 Å². The van der Waals surface area contributed by atoms with Gasteiger partial charge in [-0.15, -0.1) is 0 Å². The molecule has 0 saturated carbocycles. The zero-order chi connectivity index (χ0) is 9.97. The lowest BCUT2D eigenvalue weighted by atomic mass is 9.89. The van der Waals surface area contributed by atoms with E-state index in [0.717, 1.165) is 12.1 Å². The molecule has 1 aromatic rings. The molecule has 0 amide bonds. The number of nitrogens with zero attached hydrogens (tertiary/aromatic N) is 1. The maximum Gasteiger partial charge on any atom is 0.106 e. The van der Waals surface area contributed by atoms with Crippen molar-refractivity contribution in [1.29, 1.82) is 0 Å². The fourth-order valence-corrected chi connectivity index (χ4v) is 2.00. The Morgan fingerprint density at radius 1 is 1.29 bits per heavy atom. The minimum absolute atomic E-state index is 1.03. The molecule has 2 heteroatoms. The van der Waals surface area contributed by atoms with E-state index in [1.165, 1.54) is 29.5 Å². The minimum atomic E-state index is 1.03. The third kappa shape index (κ3) is 1.65. The zero-order valence-corrected chi connectivity index (χ0v) is 8.71. The molecule has 0 unspecified atom stereocenters. The van der Waals surface area contributed by atoms with Crippen molar-refractivity contribution in [3.05, 3.63) is 34.9 Å². The van der Waals surface area contributed by atoms with Crippen LogP contribution in [0.1, 0.15) is 29.5 Å². The molecular weight excluding hydrogens is 174 g/mol. The molecular formula is C12H15NO. The van der Waals surface area contributed by atoms with Crippen LogP contribution < -0.4 is 0 Å². The average molecular weight is 189 g/mol. The number of fused-ring (bicyclic) bond motifs is 1. The first-order chi connectivity index (χ1) is 6.81. The van der Waals surface area contributed by atoms with Crippen molar-refractivity contribution < 1.29 is 4.84 Å². The van der Waals surface area contributed by atoms with Crippen LogP contribution in [-0.4, -0.2) is 12.8 Å². The molecule has 0 radical (unpaired) electrons. The summed E-state index contributed by atoms with van der Waals surface area (Å²) in [5.74, 6) is 0. The van der Waals surface area contributed by atoms with E-state index in [1.807, 2.05) is 0 Å². The summed E-state index contributed by atoms with van der Waals surface area (Å²) in [5, 5.41) is 4.07. The van der Waals surface area contributed by atoms with Gasteiger partial charge in [0.2, 0.25) is 0 Å². The van der Waals surface area contributed by atoms with Crippen LogP contribution in [0.2, 0.25) is 0 Å². The molecule has 1 aliphatic carbocycles. The van der Waals surface area contributed by atoms with Crippen molar-refractivity contribution >= 4 is 5.71 Å². The van der Waals surface area contributed by atoms with Gasteiger partial charge in [-0.25, -0.2) is 0 Å². The van der Waals surface area contributed by atoms with Crippen molar-refractivity contribution in [2.45, 2.75) is 26.2 Å². The second kappa shape index (κ2) is 3.82. The summed E-state index contributed by atoms with van der Waals surface area (Å²) in [6.07, 6.45) is 3.38. The number of hydrogen-bond acceptors (Lipinski definition) is 2. The summed E-state index contributed by atoms with van der Waals surface area (Å²) in [4.78, 5) is 4.86. The lowest BCUT2D eigenvalue weighted by Gasteiger charge is -2.17. The average Bonchev–Trinajstić information content (AvgIpc) is 2.18. The molecule has 74 valence electrons. The van der Waals surface area contributed by atoms with Gasteiger partial charge in [0.25, 0.3) is 0 Å². The third-order valence-corrected chi connectivity index (χ3v) is 2.63. The van der Waals surface area contributed by atoms with E-state index in [-0.39, 0.29) is 0 Å².